The van der Waals surface area contributed by atoms with Gasteiger partial charge < -0.3 is 9.47 Å². The molecule has 0 N–H and O–H groups in total. The Labute approximate surface area is 317 Å². The number of benzene rings is 7. The van der Waals surface area contributed by atoms with Crippen molar-refractivity contribution in [1.29, 1.82) is 0 Å². The fraction of sp³-hybridized carbons (Fsp3) is 0.192. The molecule has 0 aliphatic heterocycles. The Balaban J connectivity index is 0.913. The molecule has 54 heavy (non-hydrogen) atoms. The first-order chi connectivity index (χ1) is 26.7. The minimum atomic E-state index is 0.217. The Hall–Kier alpha value is -5.86. The summed E-state index contributed by atoms with van der Waals surface area (Å²) in [6, 6.07) is 63.4. The van der Waals surface area contributed by atoms with Crippen molar-refractivity contribution < 1.29 is 0 Å². The Morgan fingerprint density at radius 2 is 0.944 bits per heavy atom. The van der Waals surface area contributed by atoms with Crippen molar-refractivity contribution >= 4 is 38.9 Å². The van der Waals surface area contributed by atoms with Crippen LogP contribution in [0.2, 0.25) is 0 Å². The second-order valence-electron chi connectivity index (χ2n) is 16.6. The van der Waals surface area contributed by atoms with Gasteiger partial charge in [-0.25, -0.2) is 0 Å². The Morgan fingerprint density at radius 1 is 0.426 bits per heavy atom. The molecule has 0 saturated heterocycles. The molecular weight excluding hydrogens is 653 g/mol. The molecule has 4 saturated carbocycles. The normalized spacial score (nSPS) is 23.3. The molecule has 2 heteroatoms. The van der Waals surface area contributed by atoms with Gasteiger partial charge in [-0.2, -0.15) is 0 Å². The zero-order valence-corrected chi connectivity index (χ0v) is 30.4. The summed E-state index contributed by atoms with van der Waals surface area (Å²) in [5.41, 5.74) is 16.0. The van der Waals surface area contributed by atoms with Crippen LogP contribution in [0.4, 0.5) is 17.1 Å². The van der Waals surface area contributed by atoms with E-state index in [4.69, 9.17) is 0 Å². The number of fused-ring (bicyclic) bond motifs is 6. The summed E-state index contributed by atoms with van der Waals surface area (Å²) in [6.07, 6.45) is 7.17. The molecule has 2 nitrogen and oxygen atoms in total. The fourth-order valence-corrected chi connectivity index (χ4v) is 12.1. The van der Waals surface area contributed by atoms with Gasteiger partial charge >= 0.3 is 0 Å². The van der Waals surface area contributed by atoms with Crippen LogP contribution in [0, 0.1) is 23.7 Å². The summed E-state index contributed by atoms with van der Waals surface area (Å²) in [4.78, 5) is 2.37. The minimum absolute atomic E-state index is 0.217. The maximum absolute atomic E-state index is 2.54. The van der Waals surface area contributed by atoms with E-state index in [1.165, 1.54) is 76.2 Å². The van der Waals surface area contributed by atoms with E-state index in [9.17, 15) is 0 Å². The standard InChI is InChI=1S/C52H42N2/c1-2-10-40(11-3-1)53(42-23-25-43(26-24-42)54-50-16-8-5-13-45(50)46-14-6-9-17-51(46)54)41-21-18-36(19-22-41)37-20-27-49-47(33-37)44-12-4-7-15-48(44)52(49)38-29-34-28-35(31-38)32-39(52)30-34/h1-27,33-35,38-39H,28-32H2. The molecule has 1 spiro atoms. The van der Waals surface area contributed by atoms with Gasteiger partial charge in [0.05, 0.1) is 11.0 Å². The van der Waals surface area contributed by atoms with E-state index in [0.717, 1.165) is 46.4 Å². The molecule has 8 aromatic rings. The lowest BCUT2D eigenvalue weighted by Gasteiger charge is -2.61. The molecule has 5 aliphatic carbocycles. The third-order valence-electron chi connectivity index (χ3n) is 14.0. The van der Waals surface area contributed by atoms with Gasteiger partial charge in [0.15, 0.2) is 0 Å². The molecule has 0 atom stereocenters. The summed E-state index contributed by atoms with van der Waals surface area (Å²) in [7, 11) is 0. The summed E-state index contributed by atoms with van der Waals surface area (Å²) in [5.74, 6) is 3.50. The van der Waals surface area contributed by atoms with Crippen molar-refractivity contribution in [3.63, 3.8) is 0 Å². The van der Waals surface area contributed by atoms with E-state index in [-0.39, 0.29) is 5.41 Å². The molecule has 1 heterocycles. The van der Waals surface area contributed by atoms with Gasteiger partial charge in [0.25, 0.3) is 0 Å². The van der Waals surface area contributed by atoms with Crippen LogP contribution >= 0.6 is 0 Å². The predicted octanol–water partition coefficient (Wildman–Crippen LogP) is 13.6. The molecule has 4 bridgehead atoms. The summed E-state index contributed by atoms with van der Waals surface area (Å²) in [6.45, 7) is 0. The Morgan fingerprint density at radius 3 is 1.61 bits per heavy atom. The van der Waals surface area contributed by atoms with E-state index in [0.29, 0.717) is 0 Å². The van der Waals surface area contributed by atoms with Crippen LogP contribution in [-0.2, 0) is 5.41 Å². The largest absolute Gasteiger partial charge is 0.311 e. The molecule has 13 rings (SSSR count). The van der Waals surface area contributed by atoms with E-state index >= 15 is 0 Å². The van der Waals surface area contributed by atoms with E-state index in [1.807, 2.05) is 0 Å². The average molecular weight is 695 g/mol. The Kier molecular flexibility index (Phi) is 6.55. The van der Waals surface area contributed by atoms with Crippen molar-refractivity contribution in [3.05, 3.63) is 181 Å². The first-order valence-corrected chi connectivity index (χ1v) is 20.0. The number of anilines is 3. The lowest BCUT2D eigenvalue weighted by molar-refractivity contribution is -0.0399. The van der Waals surface area contributed by atoms with Crippen LogP contribution in [0.15, 0.2) is 170 Å². The lowest BCUT2D eigenvalue weighted by Crippen LogP contribution is -2.55. The summed E-state index contributed by atoms with van der Waals surface area (Å²) >= 11 is 0. The molecule has 0 unspecified atom stereocenters. The number of rotatable bonds is 5. The maximum Gasteiger partial charge on any atom is 0.0541 e. The topological polar surface area (TPSA) is 8.17 Å². The van der Waals surface area contributed by atoms with Gasteiger partial charge in [0, 0.05) is 38.9 Å². The SMILES string of the molecule is c1ccc(N(c2ccc(-c3ccc4c(c3)-c3ccccc3C43C4CC5CC(C4)CC3C5)cc2)c2ccc(-n3c4ccccc4c4ccccc43)cc2)cc1. The van der Waals surface area contributed by atoms with Crippen molar-refractivity contribution in [3.8, 4) is 27.9 Å². The van der Waals surface area contributed by atoms with Gasteiger partial charge in [-0.1, -0.05) is 103 Å². The van der Waals surface area contributed by atoms with Crippen LogP contribution in [0.5, 0.6) is 0 Å². The number of hydrogen-bond donors (Lipinski definition) is 0. The first-order valence-electron chi connectivity index (χ1n) is 20.0. The van der Waals surface area contributed by atoms with Gasteiger partial charge in [-0.3, -0.25) is 0 Å². The van der Waals surface area contributed by atoms with Crippen LogP contribution in [-0.4, -0.2) is 4.57 Å². The van der Waals surface area contributed by atoms with Gasteiger partial charge in [0.1, 0.15) is 0 Å². The van der Waals surface area contributed by atoms with E-state index in [2.05, 4.69) is 179 Å². The highest BCUT2D eigenvalue weighted by atomic mass is 15.1. The quantitative estimate of drug-likeness (QED) is 0.174. The van der Waals surface area contributed by atoms with Crippen LogP contribution in [0.3, 0.4) is 0 Å². The van der Waals surface area contributed by atoms with Crippen molar-refractivity contribution in [1.82, 2.24) is 4.57 Å². The predicted molar refractivity (Wildman–Crippen MR) is 224 cm³/mol. The summed E-state index contributed by atoms with van der Waals surface area (Å²) in [5, 5.41) is 2.56. The molecule has 0 amide bonds. The second kappa shape index (κ2) is 11.6. The minimum Gasteiger partial charge on any atom is -0.311 e. The smallest absolute Gasteiger partial charge is 0.0541 e. The third kappa shape index (κ3) is 4.28. The highest BCUT2D eigenvalue weighted by Crippen LogP contribution is 2.69. The molecule has 7 aromatic carbocycles. The van der Waals surface area contributed by atoms with Crippen LogP contribution in [0.25, 0.3) is 49.7 Å². The number of aromatic nitrogens is 1. The number of hydrogen-bond acceptors (Lipinski definition) is 1. The zero-order valence-electron chi connectivity index (χ0n) is 30.4. The first kappa shape index (κ1) is 30.6. The molecule has 1 aromatic heterocycles. The second-order valence-corrected chi connectivity index (χ2v) is 16.6. The fourth-order valence-electron chi connectivity index (χ4n) is 12.1. The van der Waals surface area contributed by atoms with Crippen molar-refractivity contribution in [2.75, 3.05) is 4.90 Å². The Bertz CT molecular complexity index is 2640. The number of para-hydroxylation sites is 3. The van der Waals surface area contributed by atoms with Crippen LogP contribution in [0.1, 0.15) is 43.2 Å². The van der Waals surface area contributed by atoms with Gasteiger partial charge in [0.2, 0.25) is 0 Å². The monoisotopic (exact) mass is 694 g/mol. The third-order valence-corrected chi connectivity index (χ3v) is 14.0. The van der Waals surface area contributed by atoms with Gasteiger partial charge in [-0.15, -0.1) is 0 Å². The van der Waals surface area contributed by atoms with Crippen molar-refractivity contribution in [2.45, 2.75) is 37.5 Å². The van der Waals surface area contributed by atoms with E-state index < -0.39 is 0 Å². The molecule has 5 aliphatic rings. The average Bonchev–Trinajstić information content (AvgIpc) is 3.71. The van der Waals surface area contributed by atoms with Crippen molar-refractivity contribution in [2.24, 2.45) is 23.7 Å². The molecule has 260 valence electrons. The highest BCUT2D eigenvalue weighted by molar-refractivity contribution is 6.09. The molecule has 0 radical (unpaired) electrons. The van der Waals surface area contributed by atoms with Gasteiger partial charge in [-0.05, 0) is 156 Å². The molecular formula is C52H42N2. The van der Waals surface area contributed by atoms with Crippen LogP contribution < -0.4 is 4.90 Å². The summed E-state index contributed by atoms with van der Waals surface area (Å²) < 4.78 is 2.38. The van der Waals surface area contributed by atoms with E-state index in [1.54, 1.807) is 11.1 Å². The maximum atomic E-state index is 2.54. The molecule has 4 fully saturated rings. The number of nitrogens with zero attached hydrogens (tertiary/aromatic N) is 2. The highest BCUT2D eigenvalue weighted by Gasteiger charge is 2.61. The lowest BCUT2D eigenvalue weighted by atomic mass is 9.43. The zero-order chi connectivity index (χ0) is 35.4.